The fourth-order valence-corrected chi connectivity index (χ4v) is 2.02. The zero-order valence-corrected chi connectivity index (χ0v) is 8.79. The summed E-state index contributed by atoms with van der Waals surface area (Å²) >= 11 is 1.23. The molecule has 1 aromatic carbocycles. The SMILES string of the molecule is Nc1nnc(-c2cc3cc(F)ccc3o2)s1. The minimum absolute atomic E-state index is 0.295. The van der Waals surface area contributed by atoms with E-state index in [1.807, 2.05) is 0 Å². The highest BCUT2D eigenvalue weighted by Gasteiger charge is 2.11. The standard InChI is InChI=1S/C10H6FN3OS/c11-6-1-2-7-5(3-6)4-8(15-7)9-13-14-10(12)16-9/h1-4H,(H2,12,14). The first-order valence-electron chi connectivity index (χ1n) is 4.51. The first-order chi connectivity index (χ1) is 7.72. The summed E-state index contributed by atoms with van der Waals surface area (Å²) in [5, 5.41) is 9.22. The summed E-state index contributed by atoms with van der Waals surface area (Å²) in [7, 11) is 0. The summed E-state index contributed by atoms with van der Waals surface area (Å²) in [6.07, 6.45) is 0. The van der Waals surface area contributed by atoms with Crippen molar-refractivity contribution in [1.82, 2.24) is 10.2 Å². The Morgan fingerprint density at radius 1 is 1.25 bits per heavy atom. The summed E-state index contributed by atoms with van der Waals surface area (Å²) in [4.78, 5) is 0. The molecule has 16 heavy (non-hydrogen) atoms. The maximum atomic E-state index is 13.0. The summed E-state index contributed by atoms with van der Waals surface area (Å²) < 4.78 is 18.5. The number of hydrogen-bond acceptors (Lipinski definition) is 5. The number of nitrogens with two attached hydrogens (primary N) is 1. The third-order valence-corrected chi connectivity index (χ3v) is 2.90. The second-order valence-electron chi connectivity index (χ2n) is 3.24. The van der Waals surface area contributed by atoms with Crippen molar-refractivity contribution in [2.75, 3.05) is 5.73 Å². The van der Waals surface area contributed by atoms with E-state index in [1.54, 1.807) is 12.1 Å². The summed E-state index contributed by atoms with van der Waals surface area (Å²) in [5.74, 6) is 0.256. The van der Waals surface area contributed by atoms with Gasteiger partial charge in [-0.2, -0.15) is 0 Å². The monoisotopic (exact) mass is 235 g/mol. The Labute approximate surface area is 93.5 Å². The Morgan fingerprint density at radius 3 is 2.88 bits per heavy atom. The van der Waals surface area contributed by atoms with Crippen molar-refractivity contribution in [2.45, 2.75) is 0 Å². The van der Waals surface area contributed by atoms with Crippen molar-refractivity contribution in [1.29, 1.82) is 0 Å². The lowest BCUT2D eigenvalue weighted by atomic mass is 10.2. The van der Waals surface area contributed by atoms with Crippen molar-refractivity contribution in [3.63, 3.8) is 0 Å². The Morgan fingerprint density at radius 2 is 2.12 bits per heavy atom. The molecular formula is C10H6FN3OS. The Balaban J connectivity index is 2.18. The number of nitrogen functional groups attached to an aromatic ring is 1. The first kappa shape index (κ1) is 9.29. The maximum absolute atomic E-state index is 13.0. The lowest BCUT2D eigenvalue weighted by Gasteiger charge is -1.86. The molecule has 80 valence electrons. The molecule has 2 heterocycles. The van der Waals surface area contributed by atoms with Crippen LogP contribution in [0.4, 0.5) is 9.52 Å². The maximum Gasteiger partial charge on any atom is 0.203 e. The zero-order valence-electron chi connectivity index (χ0n) is 7.98. The van der Waals surface area contributed by atoms with Gasteiger partial charge in [0.1, 0.15) is 11.4 Å². The molecule has 0 unspecified atom stereocenters. The van der Waals surface area contributed by atoms with Crippen LogP contribution in [0.1, 0.15) is 0 Å². The molecule has 3 rings (SSSR count). The van der Waals surface area contributed by atoms with Crippen LogP contribution in [0.3, 0.4) is 0 Å². The van der Waals surface area contributed by atoms with Crippen molar-refractivity contribution in [3.05, 3.63) is 30.1 Å². The fourth-order valence-electron chi connectivity index (χ4n) is 1.45. The molecule has 0 aliphatic carbocycles. The van der Waals surface area contributed by atoms with Gasteiger partial charge < -0.3 is 10.2 Å². The molecule has 0 saturated carbocycles. The van der Waals surface area contributed by atoms with Gasteiger partial charge in [0.2, 0.25) is 5.13 Å². The predicted octanol–water partition coefficient (Wildman–Crippen LogP) is 2.67. The predicted molar refractivity (Wildman–Crippen MR) is 59.5 cm³/mol. The molecule has 0 bridgehead atoms. The van der Waals surface area contributed by atoms with E-state index in [9.17, 15) is 4.39 Å². The van der Waals surface area contributed by atoms with E-state index in [0.29, 0.717) is 26.9 Å². The van der Waals surface area contributed by atoms with Crippen molar-refractivity contribution < 1.29 is 8.81 Å². The van der Waals surface area contributed by atoms with E-state index in [-0.39, 0.29) is 5.82 Å². The lowest BCUT2D eigenvalue weighted by Crippen LogP contribution is -1.79. The van der Waals surface area contributed by atoms with Gasteiger partial charge in [-0.25, -0.2) is 4.39 Å². The minimum Gasteiger partial charge on any atom is -0.453 e. The van der Waals surface area contributed by atoms with Crippen LogP contribution in [0.5, 0.6) is 0 Å². The Hall–Kier alpha value is -1.95. The largest absolute Gasteiger partial charge is 0.453 e. The highest BCUT2D eigenvalue weighted by Crippen LogP contribution is 2.30. The van der Waals surface area contributed by atoms with E-state index >= 15 is 0 Å². The van der Waals surface area contributed by atoms with E-state index in [1.165, 1.54) is 23.5 Å². The normalized spacial score (nSPS) is 11.1. The molecule has 0 amide bonds. The lowest BCUT2D eigenvalue weighted by molar-refractivity contribution is 0.618. The highest BCUT2D eigenvalue weighted by atomic mass is 32.1. The van der Waals surface area contributed by atoms with Crippen LogP contribution in [0, 0.1) is 5.82 Å². The van der Waals surface area contributed by atoms with Gasteiger partial charge in [0.25, 0.3) is 0 Å². The fraction of sp³-hybridized carbons (Fsp3) is 0. The molecule has 0 atom stereocenters. The number of benzene rings is 1. The molecule has 0 fully saturated rings. The molecule has 0 saturated heterocycles. The van der Waals surface area contributed by atoms with Gasteiger partial charge in [-0.1, -0.05) is 11.3 Å². The van der Waals surface area contributed by atoms with Crippen LogP contribution in [0.25, 0.3) is 21.7 Å². The average molecular weight is 235 g/mol. The van der Waals surface area contributed by atoms with Gasteiger partial charge in [-0.15, -0.1) is 10.2 Å². The second-order valence-corrected chi connectivity index (χ2v) is 4.25. The summed E-state index contributed by atoms with van der Waals surface area (Å²) in [6, 6.07) is 6.06. The molecule has 3 aromatic rings. The van der Waals surface area contributed by atoms with E-state index in [0.717, 1.165) is 0 Å². The Bertz CT molecular complexity index is 661. The minimum atomic E-state index is -0.295. The molecular weight excluding hydrogens is 229 g/mol. The molecule has 0 aliphatic rings. The highest BCUT2D eigenvalue weighted by molar-refractivity contribution is 7.18. The number of nitrogens with zero attached hydrogens (tertiary/aromatic N) is 2. The number of furan rings is 1. The molecule has 6 heteroatoms. The molecule has 4 nitrogen and oxygen atoms in total. The molecule has 0 radical (unpaired) electrons. The van der Waals surface area contributed by atoms with Crippen LogP contribution in [-0.4, -0.2) is 10.2 Å². The van der Waals surface area contributed by atoms with E-state index in [2.05, 4.69) is 10.2 Å². The van der Waals surface area contributed by atoms with E-state index < -0.39 is 0 Å². The number of rotatable bonds is 1. The number of halogens is 1. The molecule has 2 N–H and O–H groups in total. The van der Waals surface area contributed by atoms with Gasteiger partial charge in [0.05, 0.1) is 0 Å². The van der Waals surface area contributed by atoms with Crippen LogP contribution < -0.4 is 5.73 Å². The van der Waals surface area contributed by atoms with Crippen LogP contribution in [0.15, 0.2) is 28.7 Å². The zero-order chi connectivity index (χ0) is 11.1. The van der Waals surface area contributed by atoms with Crippen LogP contribution >= 0.6 is 11.3 Å². The van der Waals surface area contributed by atoms with E-state index in [4.69, 9.17) is 10.2 Å². The third kappa shape index (κ3) is 1.43. The quantitative estimate of drug-likeness (QED) is 0.704. The molecule has 0 aliphatic heterocycles. The van der Waals surface area contributed by atoms with Crippen molar-refractivity contribution in [2.24, 2.45) is 0 Å². The number of anilines is 1. The van der Waals surface area contributed by atoms with Crippen LogP contribution in [-0.2, 0) is 0 Å². The molecule has 2 aromatic heterocycles. The van der Waals surface area contributed by atoms with Gasteiger partial charge in [-0.3, -0.25) is 0 Å². The first-order valence-corrected chi connectivity index (χ1v) is 5.32. The Kier molecular flexibility index (Phi) is 1.90. The summed E-state index contributed by atoms with van der Waals surface area (Å²) in [6.45, 7) is 0. The average Bonchev–Trinajstić information content (AvgIpc) is 2.83. The smallest absolute Gasteiger partial charge is 0.203 e. The second kappa shape index (κ2) is 3.28. The van der Waals surface area contributed by atoms with Gasteiger partial charge in [0, 0.05) is 5.39 Å². The molecule has 0 spiro atoms. The number of hydrogen-bond donors (Lipinski definition) is 1. The number of aromatic nitrogens is 2. The van der Waals surface area contributed by atoms with Crippen LogP contribution in [0.2, 0.25) is 0 Å². The van der Waals surface area contributed by atoms with Gasteiger partial charge in [-0.05, 0) is 24.3 Å². The van der Waals surface area contributed by atoms with Crippen molar-refractivity contribution in [3.8, 4) is 10.8 Å². The van der Waals surface area contributed by atoms with Gasteiger partial charge >= 0.3 is 0 Å². The number of fused-ring (bicyclic) bond motifs is 1. The van der Waals surface area contributed by atoms with Crippen molar-refractivity contribution >= 4 is 27.4 Å². The third-order valence-electron chi connectivity index (χ3n) is 2.13. The van der Waals surface area contributed by atoms with Gasteiger partial charge in [0.15, 0.2) is 10.8 Å². The summed E-state index contributed by atoms with van der Waals surface area (Å²) in [5.41, 5.74) is 6.09. The topological polar surface area (TPSA) is 64.9 Å².